The molecule has 9 rings (SSSR count). The molecule has 0 amide bonds. The highest BCUT2D eigenvalue weighted by atomic mass is 35.5. The summed E-state index contributed by atoms with van der Waals surface area (Å²) in [6.07, 6.45) is 0. The van der Waals surface area contributed by atoms with Gasteiger partial charge in [-0.3, -0.25) is 0 Å². The number of halogens is 1. The second kappa shape index (κ2) is 12.6. The molecule has 0 N–H and O–H groups in total. The first-order chi connectivity index (χ1) is 24.7. The van der Waals surface area contributed by atoms with Gasteiger partial charge in [-0.1, -0.05) is 127 Å². The average molecular weight is 661 g/mol. The largest absolute Gasteiger partial charge is 0.454 e. The summed E-state index contributed by atoms with van der Waals surface area (Å²) < 4.78 is 6.94. The smallest absolute Gasteiger partial charge is 0.162 e. The zero-order valence-corrected chi connectivity index (χ0v) is 27.7. The Bertz CT molecular complexity index is 2670. The number of benzene rings is 7. The standard InChI is InChI=1S/C46H29ClN2O/c47-36-23-26-42-40(28-36)39(31-12-3-1-4-13-31)29-43(48-42)32-21-24-37(25-22-32)50-46-44(33-14-5-2-6-15-33)38-17-9-10-18-41(38)49-45(46)35-20-19-30-11-7-8-16-34(30)27-35/h1-29H. The van der Waals surface area contributed by atoms with Gasteiger partial charge in [0.25, 0.3) is 0 Å². The molecule has 0 aliphatic carbocycles. The first kappa shape index (κ1) is 29.8. The molecule has 0 radical (unpaired) electrons. The van der Waals surface area contributed by atoms with E-state index >= 15 is 0 Å². The van der Waals surface area contributed by atoms with E-state index in [0.717, 1.165) is 72.0 Å². The molecule has 3 nitrogen and oxygen atoms in total. The van der Waals surface area contributed by atoms with E-state index < -0.39 is 0 Å². The summed E-state index contributed by atoms with van der Waals surface area (Å²) in [6, 6.07) is 60.1. The molecule has 236 valence electrons. The lowest BCUT2D eigenvalue weighted by atomic mass is 9.96. The Morgan fingerprint density at radius 1 is 0.440 bits per heavy atom. The Labute approximate surface area is 295 Å². The van der Waals surface area contributed by atoms with Gasteiger partial charge in [-0.25, -0.2) is 9.97 Å². The SMILES string of the molecule is Clc1ccc2nc(-c3ccc(Oc4c(-c5ccc6ccccc6c5)nc5ccccc5c4-c4ccccc4)cc3)cc(-c3ccccc3)c2c1. The topological polar surface area (TPSA) is 35.0 Å². The average Bonchev–Trinajstić information content (AvgIpc) is 3.18. The van der Waals surface area contributed by atoms with Gasteiger partial charge in [0.05, 0.1) is 16.7 Å². The fourth-order valence-electron chi connectivity index (χ4n) is 6.73. The van der Waals surface area contributed by atoms with Gasteiger partial charge in [-0.15, -0.1) is 0 Å². The zero-order chi connectivity index (χ0) is 33.4. The fourth-order valence-corrected chi connectivity index (χ4v) is 6.90. The lowest BCUT2D eigenvalue weighted by molar-refractivity contribution is 0.485. The third-order valence-corrected chi connectivity index (χ3v) is 9.39. The van der Waals surface area contributed by atoms with Gasteiger partial charge in [-0.05, 0) is 88.1 Å². The Balaban J connectivity index is 1.18. The Hall–Kier alpha value is -6.29. The molecule has 0 fully saturated rings. The van der Waals surface area contributed by atoms with Crippen molar-refractivity contribution in [3.8, 4) is 56.3 Å². The van der Waals surface area contributed by atoms with Crippen molar-refractivity contribution in [2.45, 2.75) is 0 Å². The lowest BCUT2D eigenvalue weighted by Crippen LogP contribution is -1.97. The Morgan fingerprint density at radius 2 is 1.10 bits per heavy atom. The highest BCUT2D eigenvalue weighted by Gasteiger charge is 2.21. The van der Waals surface area contributed by atoms with Gasteiger partial charge in [-0.2, -0.15) is 0 Å². The quantitative estimate of drug-likeness (QED) is 0.178. The highest BCUT2D eigenvalue weighted by molar-refractivity contribution is 6.31. The van der Waals surface area contributed by atoms with Crippen molar-refractivity contribution < 1.29 is 4.74 Å². The van der Waals surface area contributed by atoms with Crippen LogP contribution in [0.3, 0.4) is 0 Å². The highest BCUT2D eigenvalue weighted by Crippen LogP contribution is 2.45. The number of para-hydroxylation sites is 1. The van der Waals surface area contributed by atoms with E-state index in [4.69, 9.17) is 26.3 Å². The van der Waals surface area contributed by atoms with Crippen molar-refractivity contribution in [3.05, 3.63) is 181 Å². The van der Waals surface area contributed by atoms with Crippen molar-refractivity contribution in [2.75, 3.05) is 0 Å². The number of hydrogen-bond acceptors (Lipinski definition) is 3. The van der Waals surface area contributed by atoms with Crippen molar-refractivity contribution in [2.24, 2.45) is 0 Å². The second-order valence-electron chi connectivity index (χ2n) is 12.3. The van der Waals surface area contributed by atoms with Crippen LogP contribution in [0.4, 0.5) is 0 Å². The van der Waals surface area contributed by atoms with Gasteiger partial charge in [0.2, 0.25) is 0 Å². The number of aromatic nitrogens is 2. The summed E-state index contributed by atoms with van der Waals surface area (Å²) in [7, 11) is 0. The Morgan fingerprint density at radius 3 is 1.90 bits per heavy atom. The molecule has 0 unspecified atom stereocenters. The lowest BCUT2D eigenvalue weighted by Gasteiger charge is -2.19. The van der Waals surface area contributed by atoms with Gasteiger partial charge >= 0.3 is 0 Å². The van der Waals surface area contributed by atoms with Crippen molar-refractivity contribution in [1.82, 2.24) is 9.97 Å². The summed E-state index contributed by atoms with van der Waals surface area (Å²) in [5.41, 5.74) is 9.72. The summed E-state index contributed by atoms with van der Waals surface area (Å²) in [4.78, 5) is 10.3. The third kappa shape index (κ3) is 5.54. The summed E-state index contributed by atoms with van der Waals surface area (Å²) in [5.74, 6) is 1.42. The van der Waals surface area contributed by atoms with Crippen molar-refractivity contribution in [1.29, 1.82) is 0 Å². The molecule has 0 spiro atoms. The molecule has 0 saturated carbocycles. The number of nitrogens with zero attached hydrogens (tertiary/aromatic N) is 2. The maximum Gasteiger partial charge on any atom is 0.162 e. The molecule has 2 heterocycles. The van der Waals surface area contributed by atoms with Crippen LogP contribution in [0.25, 0.3) is 77.3 Å². The summed E-state index contributed by atoms with van der Waals surface area (Å²) >= 11 is 6.43. The normalized spacial score (nSPS) is 11.3. The predicted octanol–water partition coefficient (Wildman–Crippen LogP) is 13.0. The van der Waals surface area contributed by atoms with E-state index in [2.05, 4.69) is 127 Å². The molecule has 9 aromatic rings. The van der Waals surface area contributed by atoms with Crippen molar-refractivity contribution in [3.63, 3.8) is 0 Å². The van der Waals surface area contributed by atoms with E-state index in [-0.39, 0.29) is 0 Å². The van der Waals surface area contributed by atoms with Crippen LogP contribution in [0.1, 0.15) is 0 Å². The molecule has 7 aromatic carbocycles. The first-order valence-corrected chi connectivity index (χ1v) is 17.0. The van der Waals surface area contributed by atoms with Crippen molar-refractivity contribution >= 4 is 44.2 Å². The predicted molar refractivity (Wildman–Crippen MR) is 208 cm³/mol. The van der Waals surface area contributed by atoms with Gasteiger partial charge < -0.3 is 4.74 Å². The van der Waals surface area contributed by atoms with Crippen LogP contribution >= 0.6 is 11.6 Å². The zero-order valence-electron chi connectivity index (χ0n) is 26.9. The van der Waals surface area contributed by atoms with Crippen LogP contribution in [0.5, 0.6) is 11.5 Å². The Kier molecular flexibility index (Phi) is 7.53. The number of fused-ring (bicyclic) bond motifs is 3. The van der Waals surface area contributed by atoms with Gasteiger partial charge in [0, 0.05) is 32.5 Å². The van der Waals surface area contributed by atoms with Crippen LogP contribution in [0.2, 0.25) is 5.02 Å². The van der Waals surface area contributed by atoms with E-state index in [0.29, 0.717) is 16.5 Å². The van der Waals surface area contributed by atoms with Crippen LogP contribution in [0, 0.1) is 0 Å². The molecular formula is C46H29ClN2O. The van der Waals surface area contributed by atoms with E-state index in [1.54, 1.807) is 0 Å². The maximum absolute atomic E-state index is 6.94. The summed E-state index contributed by atoms with van der Waals surface area (Å²) in [6.45, 7) is 0. The number of ether oxygens (including phenoxy) is 1. The molecule has 0 aliphatic rings. The molecule has 0 atom stereocenters. The molecule has 2 aromatic heterocycles. The minimum absolute atomic E-state index is 0.687. The molecule has 0 aliphatic heterocycles. The molecule has 0 saturated heterocycles. The van der Waals surface area contributed by atoms with E-state index in [1.807, 2.05) is 48.5 Å². The number of hydrogen-bond donors (Lipinski definition) is 0. The summed E-state index contributed by atoms with van der Waals surface area (Å²) in [5, 5.41) is 5.07. The molecule has 50 heavy (non-hydrogen) atoms. The van der Waals surface area contributed by atoms with Gasteiger partial charge in [0.1, 0.15) is 11.4 Å². The molecule has 0 bridgehead atoms. The van der Waals surface area contributed by atoms with Crippen LogP contribution in [-0.4, -0.2) is 9.97 Å². The minimum Gasteiger partial charge on any atom is -0.454 e. The first-order valence-electron chi connectivity index (χ1n) is 16.6. The van der Waals surface area contributed by atoms with E-state index in [9.17, 15) is 0 Å². The molecular weight excluding hydrogens is 632 g/mol. The van der Waals surface area contributed by atoms with Crippen LogP contribution < -0.4 is 4.74 Å². The van der Waals surface area contributed by atoms with Gasteiger partial charge in [0.15, 0.2) is 5.75 Å². The fraction of sp³-hybridized carbons (Fsp3) is 0. The minimum atomic E-state index is 0.687. The second-order valence-corrected chi connectivity index (χ2v) is 12.8. The monoisotopic (exact) mass is 660 g/mol. The number of rotatable bonds is 6. The molecule has 4 heteroatoms. The van der Waals surface area contributed by atoms with Crippen LogP contribution in [-0.2, 0) is 0 Å². The maximum atomic E-state index is 6.94. The number of pyridine rings is 2. The third-order valence-electron chi connectivity index (χ3n) is 9.16. The van der Waals surface area contributed by atoms with E-state index in [1.165, 1.54) is 5.39 Å². The van der Waals surface area contributed by atoms with Crippen LogP contribution in [0.15, 0.2) is 176 Å².